The normalized spacial score (nSPS) is 11.2. The largest absolute Gasteiger partial charge is 0.481 e. The molecule has 1 unspecified atom stereocenters. The standard InChI is InChI=1S/C30H28O4/c31-21-6-2-5-10-24-13-15-25(16-14-24)26-17-19-27(20-18-26)29(32)22-28(30(33)34)12-7-11-23-8-3-1-4-9-23/h1,3-4,8-9,13-21,28H,2,6-7,11-12,22H2,(H,33,34). The lowest BCUT2D eigenvalue weighted by Gasteiger charge is -2.12. The van der Waals surface area contributed by atoms with E-state index < -0.39 is 11.9 Å². The second-order valence-electron chi connectivity index (χ2n) is 8.20. The van der Waals surface area contributed by atoms with E-state index >= 15 is 0 Å². The monoisotopic (exact) mass is 452 g/mol. The van der Waals surface area contributed by atoms with Crippen molar-refractivity contribution in [3.63, 3.8) is 0 Å². The molecule has 0 heterocycles. The van der Waals surface area contributed by atoms with Crippen LogP contribution in [0.1, 0.15) is 53.6 Å². The molecule has 4 heteroatoms. The Labute approximate surface area is 200 Å². The van der Waals surface area contributed by atoms with Gasteiger partial charge < -0.3 is 9.90 Å². The number of benzene rings is 3. The number of hydrogen-bond donors (Lipinski definition) is 1. The van der Waals surface area contributed by atoms with Crippen molar-refractivity contribution in [1.82, 2.24) is 0 Å². The Morgan fingerprint density at radius 1 is 0.882 bits per heavy atom. The smallest absolute Gasteiger partial charge is 0.306 e. The van der Waals surface area contributed by atoms with Crippen LogP contribution in [0.15, 0.2) is 78.9 Å². The van der Waals surface area contributed by atoms with E-state index in [1.54, 1.807) is 12.1 Å². The van der Waals surface area contributed by atoms with Crippen LogP contribution in [0.2, 0.25) is 0 Å². The molecule has 0 aromatic heterocycles. The van der Waals surface area contributed by atoms with Crippen molar-refractivity contribution in [3.05, 3.63) is 95.6 Å². The first-order valence-electron chi connectivity index (χ1n) is 11.5. The van der Waals surface area contributed by atoms with Crippen molar-refractivity contribution < 1.29 is 19.5 Å². The summed E-state index contributed by atoms with van der Waals surface area (Å²) >= 11 is 0. The summed E-state index contributed by atoms with van der Waals surface area (Å²) in [6.45, 7) is 0. The number of carbonyl (C=O) groups excluding carboxylic acids is 2. The highest BCUT2D eigenvalue weighted by atomic mass is 16.4. The molecule has 1 atom stereocenters. The van der Waals surface area contributed by atoms with Crippen molar-refractivity contribution in [3.8, 4) is 23.0 Å². The lowest BCUT2D eigenvalue weighted by Crippen LogP contribution is -2.18. The molecule has 0 saturated carbocycles. The van der Waals surface area contributed by atoms with E-state index in [-0.39, 0.29) is 12.2 Å². The number of carboxylic acids is 1. The van der Waals surface area contributed by atoms with Crippen LogP contribution in [0.3, 0.4) is 0 Å². The molecular formula is C30H28O4. The Kier molecular flexibility index (Phi) is 9.37. The molecule has 3 aromatic carbocycles. The van der Waals surface area contributed by atoms with Gasteiger partial charge in [0.2, 0.25) is 0 Å². The maximum absolute atomic E-state index is 12.7. The summed E-state index contributed by atoms with van der Waals surface area (Å²) in [6.07, 6.45) is 3.86. The van der Waals surface area contributed by atoms with E-state index in [2.05, 4.69) is 11.8 Å². The molecule has 0 aliphatic rings. The van der Waals surface area contributed by atoms with Gasteiger partial charge in [0.05, 0.1) is 5.92 Å². The van der Waals surface area contributed by atoms with E-state index in [1.807, 2.05) is 66.7 Å². The van der Waals surface area contributed by atoms with Crippen molar-refractivity contribution in [2.24, 2.45) is 5.92 Å². The lowest BCUT2D eigenvalue weighted by atomic mass is 9.92. The van der Waals surface area contributed by atoms with Gasteiger partial charge in [0.25, 0.3) is 0 Å². The van der Waals surface area contributed by atoms with E-state index in [0.29, 0.717) is 24.8 Å². The highest BCUT2D eigenvalue weighted by Crippen LogP contribution is 2.22. The Morgan fingerprint density at radius 3 is 2.15 bits per heavy atom. The van der Waals surface area contributed by atoms with Crippen molar-refractivity contribution in [2.45, 2.75) is 38.5 Å². The van der Waals surface area contributed by atoms with Gasteiger partial charge in [-0.1, -0.05) is 78.6 Å². The third-order valence-corrected chi connectivity index (χ3v) is 5.69. The van der Waals surface area contributed by atoms with E-state index in [4.69, 9.17) is 0 Å². The van der Waals surface area contributed by atoms with E-state index in [1.165, 1.54) is 5.56 Å². The van der Waals surface area contributed by atoms with Gasteiger partial charge in [-0.25, -0.2) is 0 Å². The van der Waals surface area contributed by atoms with Crippen LogP contribution in [-0.2, 0) is 16.0 Å². The van der Waals surface area contributed by atoms with Gasteiger partial charge in [-0.2, -0.15) is 0 Å². The number of Topliss-reactive ketones (excluding diaryl/α,β-unsaturated/α-hetero) is 1. The summed E-state index contributed by atoms with van der Waals surface area (Å²) in [5.41, 5.74) is 4.55. The summed E-state index contributed by atoms with van der Waals surface area (Å²) < 4.78 is 0. The highest BCUT2D eigenvalue weighted by Gasteiger charge is 2.21. The number of carbonyl (C=O) groups is 3. The van der Waals surface area contributed by atoms with E-state index in [0.717, 1.165) is 35.8 Å². The first-order chi connectivity index (χ1) is 16.6. The Bertz CT molecular complexity index is 1150. The molecular weight excluding hydrogens is 424 g/mol. The fourth-order valence-corrected chi connectivity index (χ4v) is 3.74. The minimum absolute atomic E-state index is 0.000932. The van der Waals surface area contributed by atoms with Crippen molar-refractivity contribution >= 4 is 18.0 Å². The fourth-order valence-electron chi connectivity index (χ4n) is 3.74. The number of hydrogen-bond acceptors (Lipinski definition) is 3. The Hall–Kier alpha value is -3.97. The molecule has 0 amide bonds. The van der Waals surface area contributed by atoms with Gasteiger partial charge in [-0.05, 0) is 48.1 Å². The third-order valence-electron chi connectivity index (χ3n) is 5.69. The maximum atomic E-state index is 12.7. The van der Waals surface area contributed by atoms with Crippen LogP contribution in [0.5, 0.6) is 0 Å². The van der Waals surface area contributed by atoms with Gasteiger partial charge >= 0.3 is 5.97 Å². The molecule has 0 bridgehead atoms. The zero-order chi connectivity index (χ0) is 24.2. The van der Waals surface area contributed by atoms with Gasteiger partial charge in [0.1, 0.15) is 6.29 Å². The second-order valence-corrected chi connectivity index (χ2v) is 8.20. The molecule has 172 valence electrons. The number of aryl methyl sites for hydroxylation is 1. The molecule has 4 nitrogen and oxygen atoms in total. The minimum atomic E-state index is -0.924. The fraction of sp³-hybridized carbons (Fsp3) is 0.233. The van der Waals surface area contributed by atoms with Crippen molar-refractivity contribution in [2.75, 3.05) is 0 Å². The van der Waals surface area contributed by atoms with Gasteiger partial charge in [-0.15, -0.1) is 0 Å². The first-order valence-corrected chi connectivity index (χ1v) is 11.5. The SMILES string of the molecule is O=CCCC#Cc1ccc(-c2ccc(C(=O)CC(CCCc3ccccc3)C(=O)O)cc2)cc1. The lowest BCUT2D eigenvalue weighted by molar-refractivity contribution is -0.141. The maximum Gasteiger partial charge on any atom is 0.306 e. The molecule has 0 aliphatic carbocycles. The Balaban J connectivity index is 1.57. The number of aldehydes is 1. The molecule has 0 spiro atoms. The Morgan fingerprint density at radius 2 is 1.53 bits per heavy atom. The van der Waals surface area contributed by atoms with Gasteiger partial charge in [0.15, 0.2) is 5.78 Å². The van der Waals surface area contributed by atoms with Crippen LogP contribution in [0.25, 0.3) is 11.1 Å². The predicted octanol–water partition coefficient (Wildman–Crippen LogP) is 5.98. The van der Waals surface area contributed by atoms with Crippen LogP contribution >= 0.6 is 0 Å². The zero-order valence-corrected chi connectivity index (χ0v) is 19.1. The van der Waals surface area contributed by atoms with Gasteiger partial charge in [0, 0.05) is 30.4 Å². The summed E-state index contributed by atoms with van der Waals surface area (Å²) in [5, 5.41) is 9.58. The minimum Gasteiger partial charge on any atom is -0.481 e. The number of ketones is 1. The van der Waals surface area contributed by atoms with Crippen LogP contribution in [-0.4, -0.2) is 23.1 Å². The predicted molar refractivity (Wildman–Crippen MR) is 134 cm³/mol. The average Bonchev–Trinajstić information content (AvgIpc) is 2.87. The molecule has 0 saturated heterocycles. The molecule has 3 aromatic rings. The summed E-state index contributed by atoms with van der Waals surface area (Å²) in [7, 11) is 0. The molecule has 3 rings (SSSR count). The zero-order valence-electron chi connectivity index (χ0n) is 19.1. The first kappa shape index (κ1) is 24.7. The summed E-state index contributed by atoms with van der Waals surface area (Å²) in [5.74, 6) is 4.24. The quantitative estimate of drug-likeness (QED) is 0.168. The number of rotatable bonds is 11. The number of unbranched alkanes of at least 4 members (excludes halogenated alkanes) is 1. The van der Waals surface area contributed by atoms with Crippen LogP contribution in [0, 0.1) is 17.8 Å². The summed E-state index contributed by atoms with van der Waals surface area (Å²) in [6, 6.07) is 25.0. The summed E-state index contributed by atoms with van der Waals surface area (Å²) in [4.78, 5) is 34.8. The van der Waals surface area contributed by atoms with E-state index in [9.17, 15) is 19.5 Å². The second kappa shape index (κ2) is 12.9. The number of carboxylic acid groups (broad SMARTS) is 1. The molecule has 0 aliphatic heterocycles. The van der Waals surface area contributed by atoms with Gasteiger partial charge in [-0.3, -0.25) is 9.59 Å². The molecule has 1 N–H and O–H groups in total. The van der Waals surface area contributed by atoms with Crippen LogP contribution < -0.4 is 0 Å². The van der Waals surface area contributed by atoms with Crippen LogP contribution in [0.4, 0.5) is 0 Å². The molecule has 0 radical (unpaired) electrons. The molecule has 34 heavy (non-hydrogen) atoms. The third kappa shape index (κ3) is 7.56. The highest BCUT2D eigenvalue weighted by molar-refractivity contribution is 5.98. The van der Waals surface area contributed by atoms with Crippen molar-refractivity contribution in [1.29, 1.82) is 0 Å². The average molecular weight is 453 g/mol. The number of aliphatic carboxylic acids is 1. The topological polar surface area (TPSA) is 71.4 Å². The molecule has 0 fully saturated rings.